The van der Waals surface area contributed by atoms with Gasteiger partial charge < -0.3 is 15.5 Å². The third-order valence-corrected chi connectivity index (χ3v) is 5.40. The minimum atomic E-state index is 0.0279. The molecule has 5 heteroatoms. The molecular formula is C17H29N3O2. The molecule has 3 saturated carbocycles. The van der Waals surface area contributed by atoms with Gasteiger partial charge in [-0.15, -0.1) is 0 Å². The Kier molecular flexibility index (Phi) is 4.89. The molecule has 3 aliphatic rings. The molecule has 124 valence electrons. The molecule has 3 amide bonds. The van der Waals surface area contributed by atoms with Crippen LogP contribution in [-0.2, 0) is 4.79 Å². The molecular weight excluding hydrogens is 278 g/mol. The van der Waals surface area contributed by atoms with Crippen molar-refractivity contribution in [2.75, 3.05) is 13.6 Å². The summed E-state index contributed by atoms with van der Waals surface area (Å²) in [6, 6.07) is 0.608. The summed E-state index contributed by atoms with van der Waals surface area (Å²) in [5.41, 5.74) is 0. The fourth-order valence-electron chi connectivity index (χ4n) is 3.54. The number of carbonyl (C=O) groups excluding carboxylic acids is 2. The van der Waals surface area contributed by atoms with Gasteiger partial charge in [0.05, 0.1) is 0 Å². The van der Waals surface area contributed by atoms with Crippen molar-refractivity contribution in [3.8, 4) is 0 Å². The van der Waals surface area contributed by atoms with Crippen LogP contribution in [0.15, 0.2) is 0 Å². The molecule has 0 unspecified atom stereocenters. The summed E-state index contributed by atoms with van der Waals surface area (Å²) >= 11 is 0. The second-order valence-electron chi connectivity index (χ2n) is 7.47. The Hall–Kier alpha value is -1.26. The van der Waals surface area contributed by atoms with Gasteiger partial charge in [0.2, 0.25) is 5.91 Å². The first-order valence-electron chi connectivity index (χ1n) is 8.94. The molecule has 0 bridgehead atoms. The zero-order valence-corrected chi connectivity index (χ0v) is 13.6. The average molecular weight is 307 g/mol. The first-order valence-corrected chi connectivity index (χ1v) is 8.94. The highest BCUT2D eigenvalue weighted by Gasteiger charge is 2.32. The normalized spacial score (nSPS) is 28.6. The summed E-state index contributed by atoms with van der Waals surface area (Å²) < 4.78 is 0. The van der Waals surface area contributed by atoms with Crippen molar-refractivity contribution >= 4 is 11.9 Å². The fraction of sp³-hybridized carbons (Fsp3) is 0.882. The van der Waals surface area contributed by atoms with Crippen LogP contribution in [0.1, 0.15) is 57.8 Å². The van der Waals surface area contributed by atoms with E-state index in [9.17, 15) is 9.59 Å². The van der Waals surface area contributed by atoms with Crippen molar-refractivity contribution in [1.82, 2.24) is 15.5 Å². The fourth-order valence-corrected chi connectivity index (χ4v) is 3.54. The van der Waals surface area contributed by atoms with Crippen LogP contribution in [0.25, 0.3) is 0 Å². The Labute approximate surface area is 133 Å². The lowest BCUT2D eigenvalue weighted by Crippen LogP contribution is -2.48. The van der Waals surface area contributed by atoms with E-state index >= 15 is 0 Å². The lowest BCUT2D eigenvalue weighted by molar-refractivity contribution is -0.126. The standard InChI is InChI=1S/C17H29N3O2/c1-20(11-12-4-2-5-12)17(22)19-15-7-3-6-13(10-15)16(21)18-14-8-9-14/h12-15H,2-11H2,1H3,(H,18,21)(H,19,22)/t13-,15+/m0/s1. The van der Waals surface area contributed by atoms with E-state index in [-0.39, 0.29) is 23.9 Å². The SMILES string of the molecule is CN(CC1CCC1)C(=O)N[C@@H]1CCC[C@H](C(=O)NC2CC2)C1. The number of nitrogens with one attached hydrogen (secondary N) is 2. The second kappa shape index (κ2) is 6.88. The van der Waals surface area contributed by atoms with E-state index in [1.807, 2.05) is 11.9 Å². The summed E-state index contributed by atoms with van der Waals surface area (Å²) in [6.45, 7) is 0.865. The van der Waals surface area contributed by atoms with E-state index in [1.165, 1.54) is 19.3 Å². The van der Waals surface area contributed by atoms with Crippen LogP contribution in [0.2, 0.25) is 0 Å². The van der Waals surface area contributed by atoms with Gasteiger partial charge in [-0.2, -0.15) is 0 Å². The van der Waals surface area contributed by atoms with E-state index < -0.39 is 0 Å². The molecule has 3 fully saturated rings. The summed E-state index contributed by atoms with van der Waals surface area (Å²) in [7, 11) is 1.88. The number of rotatable bonds is 5. The number of hydrogen-bond donors (Lipinski definition) is 2. The van der Waals surface area contributed by atoms with Gasteiger partial charge in [0.25, 0.3) is 0 Å². The van der Waals surface area contributed by atoms with Gasteiger partial charge in [0.15, 0.2) is 0 Å². The molecule has 0 aromatic rings. The predicted molar refractivity (Wildman–Crippen MR) is 85.4 cm³/mol. The third kappa shape index (κ3) is 4.14. The Bertz CT molecular complexity index is 418. The molecule has 0 heterocycles. The van der Waals surface area contributed by atoms with Crippen molar-refractivity contribution in [1.29, 1.82) is 0 Å². The zero-order chi connectivity index (χ0) is 15.5. The van der Waals surface area contributed by atoms with Crippen LogP contribution >= 0.6 is 0 Å². The van der Waals surface area contributed by atoms with Crippen molar-refractivity contribution < 1.29 is 9.59 Å². The topological polar surface area (TPSA) is 61.4 Å². The number of carbonyl (C=O) groups is 2. The van der Waals surface area contributed by atoms with Gasteiger partial charge in [0.1, 0.15) is 0 Å². The molecule has 0 radical (unpaired) electrons. The minimum Gasteiger partial charge on any atom is -0.353 e. The molecule has 0 aliphatic heterocycles. The summed E-state index contributed by atoms with van der Waals surface area (Å²) in [4.78, 5) is 26.3. The molecule has 0 saturated heterocycles. The van der Waals surface area contributed by atoms with Crippen LogP contribution in [0, 0.1) is 11.8 Å². The molecule has 2 atom stereocenters. The maximum Gasteiger partial charge on any atom is 0.317 e. The van der Waals surface area contributed by atoms with Gasteiger partial charge in [-0.25, -0.2) is 4.79 Å². The number of amides is 3. The third-order valence-electron chi connectivity index (χ3n) is 5.40. The highest BCUT2D eigenvalue weighted by atomic mass is 16.2. The Morgan fingerprint density at radius 3 is 2.32 bits per heavy atom. The molecule has 0 spiro atoms. The molecule has 0 aromatic heterocycles. The Morgan fingerprint density at radius 2 is 1.68 bits per heavy atom. The quantitative estimate of drug-likeness (QED) is 0.818. The highest BCUT2D eigenvalue weighted by molar-refractivity contribution is 5.79. The van der Waals surface area contributed by atoms with Gasteiger partial charge >= 0.3 is 6.03 Å². The van der Waals surface area contributed by atoms with Gasteiger partial charge in [-0.3, -0.25) is 4.79 Å². The molecule has 0 aromatic carbocycles. The van der Waals surface area contributed by atoms with E-state index in [1.54, 1.807) is 0 Å². The molecule has 22 heavy (non-hydrogen) atoms. The first kappa shape index (κ1) is 15.6. The monoisotopic (exact) mass is 307 g/mol. The average Bonchev–Trinajstić information content (AvgIpc) is 3.26. The zero-order valence-electron chi connectivity index (χ0n) is 13.6. The Morgan fingerprint density at radius 1 is 0.955 bits per heavy atom. The first-order chi connectivity index (χ1) is 10.6. The Balaban J connectivity index is 1.42. The van der Waals surface area contributed by atoms with E-state index in [4.69, 9.17) is 0 Å². The minimum absolute atomic E-state index is 0.0279. The van der Waals surface area contributed by atoms with Gasteiger partial charge in [0, 0.05) is 31.6 Å². The maximum atomic E-state index is 12.3. The number of hydrogen-bond acceptors (Lipinski definition) is 2. The van der Waals surface area contributed by atoms with Crippen molar-refractivity contribution in [2.45, 2.75) is 69.9 Å². The van der Waals surface area contributed by atoms with Crippen molar-refractivity contribution in [3.05, 3.63) is 0 Å². The van der Waals surface area contributed by atoms with Crippen LogP contribution < -0.4 is 10.6 Å². The molecule has 3 aliphatic carbocycles. The predicted octanol–water partition coefficient (Wildman–Crippen LogP) is 2.27. The van der Waals surface area contributed by atoms with Gasteiger partial charge in [-0.1, -0.05) is 12.8 Å². The van der Waals surface area contributed by atoms with E-state index in [2.05, 4.69) is 10.6 Å². The maximum absolute atomic E-state index is 12.3. The second-order valence-corrected chi connectivity index (χ2v) is 7.47. The lowest BCUT2D eigenvalue weighted by Gasteiger charge is -2.33. The van der Waals surface area contributed by atoms with E-state index in [0.717, 1.165) is 45.1 Å². The van der Waals surface area contributed by atoms with Crippen molar-refractivity contribution in [2.24, 2.45) is 11.8 Å². The largest absolute Gasteiger partial charge is 0.353 e. The number of nitrogens with zero attached hydrogens (tertiary/aromatic N) is 1. The molecule has 3 rings (SSSR count). The summed E-state index contributed by atoms with van der Waals surface area (Å²) in [6.07, 6.45) is 9.85. The van der Waals surface area contributed by atoms with Crippen LogP contribution in [0.3, 0.4) is 0 Å². The lowest BCUT2D eigenvalue weighted by atomic mass is 9.84. The highest BCUT2D eigenvalue weighted by Crippen LogP contribution is 2.28. The van der Waals surface area contributed by atoms with Gasteiger partial charge in [-0.05, 0) is 50.9 Å². The van der Waals surface area contributed by atoms with Crippen molar-refractivity contribution in [3.63, 3.8) is 0 Å². The van der Waals surface area contributed by atoms with E-state index in [0.29, 0.717) is 12.0 Å². The van der Waals surface area contributed by atoms with Crippen LogP contribution in [0.5, 0.6) is 0 Å². The van der Waals surface area contributed by atoms with Crippen LogP contribution in [-0.4, -0.2) is 42.5 Å². The number of urea groups is 1. The summed E-state index contributed by atoms with van der Waals surface area (Å²) in [5, 5.41) is 6.23. The molecule has 5 nitrogen and oxygen atoms in total. The summed E-state index contributed by atoms with van der Waals surface area (Å²) in [5.74, 6) is 0.972. The molecule has 2 N–H and O–H groups in total. The van der Waals surface area contributed by atoms with Crippen LogP contribution in [0.4, 0.5) is 4.79 Å². The smallest absolute Gasteiger partial charge is 0.317 e.